The fraction of sp³-hybridized carbons (Fsp3) is 0.400. The van der Waals surface area contributed by atoms with Gasteiger partial charge in [-0.25, -0.2) is 4.79 Å². The van der Waals surface area contributed by atoms with Crippen molar-refractivity contribution in [2.24, 2.45) is 11.8 Å². The molecule has 1 N–H and O–H groups in total. The summed E-state index contributed by atoms with van der Waals surface area (Å²) in [5.74, 6) is -2.02. The van der Waals surface area contributed by atoms with Gasteiger partial charge in [0, 0.05) is 5.02 Å². The summed E-state index contributed by atoms with van der Waals surface area (Å²) in [7, 11) is 0. The van der Waals surface area contributed by atoms with E-state index in [9.17, 15) is 14.4 Å². The molecular formula is C15H17ClN2O3. The van der Waals surface area contributed by atoms with Crippen molar-refractivity contribution < 1.29 is 14.4 Å². The Balaban J connectivity index is 2.35. The van der Waals surface area contributed by atoms with E-state index in [0.717, 1.165) is 10.5 Å². The van der Waals surface area contributed by atoms with Crippen LogP contribution in [-0.4, -0.2) is 22.7 Å². The summed E-state index contributed by atoms with van der Waals surface area (Å²) in [5.41, 5.74) is 0.739. The smallest absolute Gasteiger partial charge is 0.277 e. The van der Waals surface area contributed by atoms with Crippen molar-refractivity contribution in [3.63, 3.8) is 0 Å². The molecule has 1 aliphatic heterocycles. The summed E-state index contributed by atoms with van der Waals surface area (Å²) in [6.07, 6.45) is 0. The second kappa shape index (κ2) is 5.85. The molecule has 5 nitrogen and oxygen atoms in total. The van der Waals surface area contributed by atoms with Gasteiger partial charge in [-0.1, -0.05) is 37.6 Å². The van der Waals surface area contributed by atoms with Gasteiger partial charge in [0.15, 0.2) is 0 Å². The summed E-state index contributed by atoms with van der Waals surface area (Å²) < 4.78 is 0. The van der Waals surface area contributed by atoms with Gasteiger partial charge in [-0.2, -0.15) is 0 Å². The number of nitrogens with zero attached hydrogens (tertiary/aromatic N) is 1. The van der Waals surface area contributed by atoms with Crippen molar-refractivity contribution in [1.82, 2.24) is 10.2 Å². The molecule has 2 atom stereocenters. The van der Waals surface area contributed by atoms with E-state index < -0.39 is 29.8 Å². The highest BCUT2D eigenvalue weighted by molar-refractivity contribution is 6.30. The Morgan fingerprint density at radius 3 is 2.43 bits per heavy atom. The lowest BCUT2D eigenvalue weighted by Crippen LogP contribution is -2.59. The van der Waals surface area contributed by atoms with E-state index in [4.69, 9.17) is 11.6 Å². The zero-order chi connectivity index (χ0) is 15.7. The third-order valence-electron chi connectivity index (χ3n) is 3.62. The summed E-state index contributed by atoms with van der Waals surface area (Å²) in [5, 5.41) is 2.78. The van der Waals surface area contributed by atoms with Crippen LogP contribution in [0.4, 0.5) is 4.79 Å². The number of amides is 4. The Hall–Kier alpha value is -1.88. The lowest BCUT2D eigenvalue weighted by atomic mass is 9.91. The number of benzene rings is 1. The number of hydrogen-bond acceptors (Lipinski definition) is 3. The number of rotatable bonds is 3. The molecule has 0 aliphatic carbocycles. The van der Waals surface area contributed by atoms with Crippen LogP contribution < -0.4 is 5.32 Å². The van der Waals surface area contributed by atoms with Gasteiger partial charge in [-0.15, -0.1) is 0 Å². The average Bonchev–Trinajstić information content (AvgIpc) is 2.37. The van der Waals surface area contributed by atoms with Crippen LogP contribution in [0.2, 0.25) is 5.02 Å². The van der Waals surface area contributed by atoms with Crippen LogP contribution in [0.15, 0.2) is 24.3 Å². The van der Waals surface area contributed by atoms with E-state index in [2.05, 4.69) is 5.32 Å². The van der Waals surface area contributed by atoms with E-state index in [1.54, 1.807) is 45.0 Å². The van der Waals surface area contributed by atoms with Crippen LogP contribution >= 0.6 is 11.6 Å². The maximum Gasteiger partial charge on any atom is 0.331 e. The molecule has 0 aromatic heterocycles. The third kappa shape index (κ3) is 2.93. The summed E-state index contributed by atoms with van der Waals surface area (Å²) in [6, 6.07) is 5.79. The quantitative estimate of drug-likeness (QED) is 0.873. The standard InChI is InChI=1S/C15H17ClN2O3/c1-8(2)12-13(19)17-15(21)18(14(12)20)9(3)10-5-4-6-11(16)7-10/h4-9,12H,1-3H3,(H,17,19,21). The summed E-state index contributed by atoms with van der Waals surface area (Å²) in [6.45, 7) is 5.29. The predicted molar refractivity (Wildman–Crippen MR) is 78.6 cm³/mol. The van der Waals surface area contributed by atoms with Gasteiger partial charge in [-0.05, 0) is 30.5 Å². The second-order valence-corrected chi connectivity index (χ2v) is 5.89. The van der Waals surface area contributed by atoms with Crippen LogP contribution in [0.5, 0.6) is 0 Å². The van der Waals surface area contributed by atoms with E-state index in [0.29, 0.717) is 5.02 Å². The van der Waals surface area contributed by atoms with Crippen molar-refractivity contribution in [2.75, 3.05) is 0 Å². The molecule has 6 heteroatoms. The molecule has 112 valence electrons. The first-order valence-corrected chi connectivity index (χ1v) is 7.14. The van der Waals surface area contributed by atoms with Crippen LogP contribution in [0.1, 0.15) is 32.4 Å². The molecule has 21 heavy (non-hydrogen) atoms. The molecule has 0 spiro atoms. The highest BCUT2D eigenvalue weighted by Crippen LogP contribution is 2.28. The Bertz CT molecular complexity index is 600. The molecule has 1 aliphatic rings. The third-order valence-corrected chi connectivity index (χ3v) is 3.86. The van der Waals surface area contributed by atoms with Crippen LogP contribution in [-0.2, 0) is 9.59 Å². The SMILES string of the molecule is CC(C)C1C(=O)NC(=O)N(C(C)c2cccc(Cl)c2)C1=O. The zero-order valence-electron chi connectivity index (χ0n) is 12.1. The lowest BCUT2D eigenvalue weighted by Gasteiger charge is -2.35. The lowest BCUT2D eigenvalue weighted by molar-refractivity contribution is -0.145. The topological polar surface area (TPSA) is 66.5 Å². The maximum absolute atomic E-state index is 12.5. The minimum Gasteiger partial charge on any atom is -0.277 e. The van der Waals surface area contributed by atoms with E-state index >= 15 is 0 Å². The van der Waals surface area contributed by atoms with E-state index in [1.165, 1.54) is 0 Å². The van der Waals surface area contributed by atoms with Crippen LogP contribution in [0.3, 0.4) is 0 Å². The molecule has 1 aromatic carbocycles. The number of carbonyl (C=O) groups excluding carboxylic acids is 3. The maximum atomic E-state index is 12.5. The van der Waals surface area contributed by atoms with Gasteiger partial charge in [0.25, 0.3) is 0 Å². The number of carbonyl (C=O) groups is 3. The van der Waals surface area contributed by atoms with E-state index in [1.807, 2.05) is 0 Å². The molecule has 4 amide bonds. The molecule has 1 saturated heterocycles. The van der Waals surface area contributed by atoms with Crippen molar-refractivity contribution in [2.45, 2.75) is 26.8 Å². The molecule has 1 fully saturated rings. The summed E-state index contributed by atoms with van der Waals surface area (Å²) >= 11 is 5.94. The average molecular weight is 309 g/mol. The zero-order valence-corrected chi connectivity index (χ0v) is 12.8. The van der Waals surface area contributed by atoms with Gasteiger partial charge in [0.05, 0.1) is 6.04 Å². The monoisotopic (exact) mass is 308 g/mol. The second-order valence-electron chi connectivity index (χ2n) is 5.46. The fourth-order valence-electron chi connectivity index (χ4n) is 2.48. The molecule has 2 unspecified atom stereocenters. The molecule has 1 heterocycles. The minimum absolute atomic E-state index is 0.181. The first kappa shape index (κ1) is 15.5. The van der Waals surface area contributed by atoms with Crippen molar-refractivity contribution in [1.29, 1.82) is 0 Å². The predicted octanol–water partition coefficient (Wildman–Crippen LogP) is 2.75. The summed E-state index contributed by atoms with van der Waals surface area (Å²) in [4.78, 5) is 37.4. The molecule has 0 bridgehead atoms. The Labute approximate surface area is 128 Å². The molecule has 2 rings (SSSR count). The Morgan fingerprint density at radius 2 is 1.86 bits per heavy atom. The Morgan fingerprint density at radius 1 is 1.19 bits per heavy atom. The molecule has 0 radical (unpaired) electrons. The van der Waals surface area contributed by atoms with Crippen molar-refractivity contribution in [3.05, 3.63) is 34.9 Å². The van der Waals surface area contributed by atoms with Gasteiger partial charge in [0.1, 0.15) is 5.92 Å². The molecule has 1 aromatic rings. The largest absolute Gasteiger partial charge is 0.331 e. The molecule has 0 saturated carbocycles. The van der Waals surface area contributed by atoms with Gasteiger partial charge >= 0.3 is 6.03 Å². The number of urea groups is 1. The van der Waals surface area contributed by atoms with Crippen molar-refractivity contribution >= 4 is 29.4 Å². The van der Waals surface area contributed by atoms with E-state index in [-0.39, 0.29) is 5.92 Å². The minimum atomic E-state index is -0.843. The normalized spacial score (nSPS) is 20.7. The first-order valence-electron chi connectivity index (χ1n) is 6.76. The highest BCUT2D eigenvalue weighted by Gasteiger charge is 2.44. The number of hydrogen-bond donors (Lipinski definition) is 1. The van der Waals surface area contributed by atoms with Crippen LogP contribution in [0, 0.1) is 11.8 Å². The first-order chi connectivity index (χ1) is 9.82. The van der Waals surface area contributed by atoms with Crippen molar-refractivity contribution in [3.8, 4) is 0 Å². The van der Waals surface area contributed by atoms with Gasteiger partial charge in [-0.3, -0.25) is 19.8 Å². The highest BCUT2D eigenvalue weighted by atomic mass is 35.5. The Kier molecular flexibility index (Phi) is 4.32. The van der Waals surface area contributed by atoms with Gasteiger partial charge in [0.2, 0.25) is 11.8 Å². The number of nitrogens with one attached hydrogen (secondary N) is 1. The number of halogens is 1. The molecular weight excluding hydrogens is 292 g/mol. The fourth-order valence-corrected chi connectivity index (χ4v) is 2.67. The number of barbiturate groups is 1. The van der Waals surface area contributed by atoms with Gasteiger partial charge < -0.3 is 0 Å². The van der Waals surface area contributed by atoms with Crippen LogP contribution in [0.25, 0.3) is 0 Å². The number of imide groups is 2.